The molecule has 3 aromatic carbocycles. The molecule has 0 heterocycles. The first-order chi connectivity index (χ1) is 16.1. The van der Waals surface area contributed by atoms with Gasteiger partial charge in [-0.25, -0.2) is 13.8 Å². The second-order valence-corrected chi connectivity index (χ2v) is 10.8. The van der Waals surface area contributed by atoms with Crippen LogP contribution >= 0.6 is 15.9 Å². The van der Waals surface area contributed by atoms with E-state index in [0.29, 0.717) is 5.69 Å². The number of aryl methyl sites for hydroxylation is 2. The molecular formula is C25H27BrN4O3S. The van der Waals surface area contributed by atoms with E-state index in [0.717, 1.165) is 31.2 Å². The minimum atomic E-state index is -3.97. The Morgan fingerprint density at radius 2 is 1.65 bits per heavy atom. The van der Waals surface area contributed by atoms with E-state index in [1.54, 1.807) is 30.3 Å². The third-order valence-electron chi connectivity index (χ3n) is 4.97. The third-order valence-corrected chi connectivity index (χ3v) is 7.39. The smallest absolute Gasteiger partial charge is 0.264 e. The van der Waals surface area contributed by atoms with Crippen molar-refractivity contribution in [2.75, 3.05) is 29.8 Å². The summed E-state index contributed by atoms with van der Waals surface area (Å²) in [6, 6.07) is 19.2. The maximum Gasteiger partial charge on any atom is 0.264 e. The Bertz CT molecular complexity index is 1290. The number of carbonyl (C=O) groups is 1. The number of sulfonamides is 1. The second kappa shape index (κ2) is 10.8. The third kappa shape index (κ3) is 6.24. The van der Waals surface area contributed by atoms with Crippen LogP contribution in [0.2, 0.25) is 0 Å². The molecule has 0 bridgehead atoms. The summed E-state index contributed by atoms with van der Waals surface area (Å²) in [6.45, 7) is 3.35. The Balaban J connectivity index is 1.83. The maximum atomic E-state index is 13.4. The Morgan fingerprint density at radius 3 is 2.24 bits per heavy atom. The van der Waals surface area contributed by atoms with Gasteiger partial charge in [0.1, 0.15) is 6.54 Å². The van der Waals surface area contributed by atoms with Gasteiger partial charge < -0.3 is 4.90 Å². The highest BCUT2D eigenvalue weighted by Crippen LogP contribution is 2.26. The highest BCUT2D eigenvalue weighted by Gasteiger charge is 2.27. The van der Waals surface area contributed by atoms with Crippen molar-refractivity contribution in [1.29, 1.82) is 0 Å². The van der Waals surface area contributed by atoms with Gasteiger partial charge in [-0.1, -0.05) is 30.3 Å². The standard InChI is InChI=1S/C25H27BrN4O3S/c1-18-12-19(2)14-21(13-18)30(34(32,33)22-8-6-5-7-9-22)17-25(31)28-27-16-20-10-11-24(29(3)4)23(26)15-20/h5-16H,17H2,1-4H3,(H,28,31)/b27-16-. The molecule has 0 fully saturated rings. The minimum absolute atomic E-state index is 0.108. The van der Waals surface area contributed by atoms with Gasteiger partial charge in [0.2, 0.25) is 0 Å². The van der Waals surface area contributed by atoms with Gasteiger partial charge in [0.25, 0.3) is 15.9 Å². The average molecular weight is 543 g/mol. The molecule has 0 saturated carbocycles. The lowest BCUT2D eigenvalue weighted by molar-refractivity contribution is -0.119. The zero-order valence-corrected chi connectivity index (χ0v) is 21.9. The number of nitrogens with zero attached hydrogens (tertiary/aromatic N) is 3. The zero-order chi connectivity index (χ0) is 24.9. The molecule has 0 aliphatic rings. The number of anilines is 2. The van der Waals surface area contributed by atoms with Gasteiger partial charge in [-0.15, -0.1) is 0 Å². The molecule has 0 atom stereocenters. The fourth-order valence-electron chi connectivity index (χ4n) is 3.44. The van der Waals surface area contributed by atoms with Crippen LogP contribution in [-0.4, -0.2) is 41.2 Å². The molecule has 9 heteroatoms. The van der Waals surface area contributed by atoms with Crippen LogP contribution in [0.15, 0.2) is 81.2 Å². The molecule has 34 heavy (non-hydrogen) atoms. The van der Waals surface area contributed by atoms with Gasteiger partial charge in [0.15, 0.2) is 0 Å². The van der Waals surface area contributed by atoms with Crippen molar-refractivity contribution in [1.82, 2.24) is 5.43 Å². The molecule has 3 rings (SSSR count). The van der Waals surface area contributed by atoms with E-state index in [1.807, 2.05) is 57.1 Å². The fraction of sp³-hybridized carbons (Fsp3) is 0.200. The van der Waals surface area contributed by atoms with E-state index in [-0.39, 0.29) is 4.90 Å². The highest BCUT2D eigenvalue weighted by molar-refractivity contribution is 9.10. The summed E-state index contributed by atoms with van der Waals surface area (Å²) in [5.74, 6) is -0.557. The number of hydrogen-bond donors (Lipinski definition) is 1. The second-order valence-electron chi connectivity index (χ2n) is 8.07. The number of carbonyl (C=O) groups excluding carboxylic acids is 1. The van der Waals surface area contributed by atoms with Crippen LogP contribution < -0.4 is 14.6 Å². The van der Waals surface area contributed by atoms with E-state index in [1.165, 1.54) is 18.3 Å². The first-order valence-corrected chi connectivity index (χ1v) is 12.8. The first-order valence-electron chi connectivity index (χ1n) is 10.5. The number of halogens is 1. The first kappa shape index (κ1) is 25.5. The van der Waals surface area contributed by atoms with Gasteiger partial charge in [0, 0.05) is 18.6 Å². The van der Waals surface area contributed by atoms with Crippen LogP contribution in [0, 0.1) is 13.8 Å². The molecular weight excluding hydrogens is 516 g/mol. The van der Waals surface area contributed by atoms with E-state index in [4.69, 9.17) is 0 Å². The van der Waals surface area contributed by atoms with Crippen molar-refractivity contribution in [3.8, 4) is 0 Å². The van der Waals surface area contributed by atoms with Gasteiger partial charge in [-0.2, -0.15) is 5.10 Å². The van der Waals surface area contributed by atoms with E-state index in [9.17, 15) is 13.2 Å². The summed E-state index contributed by atoms with van der Waals surface area (Å²) in [5, 5.41) is 4.01. The number of rotatable bonds is 8. The predicted molar refractivity (Wildman–Crippen MR) is 141 cm³/mol. The van der Waals surface area contributed by atoms with E-state index >= 15 is 0 Å². The van der Waals surface area contributed by atoms with Crippen molar-refractivity contribution >= 4 is 49.4 Å². The quantitative estimate of drug-likeness (QED) is 0.336. The van der Waals surface area contributed by atoms with Gasteiger partial charge in [-0.3, -0.25) is 9.10 Å². The number of amides is 1. The molecule has 3 aromatic rings. The average Bonchev–Trinajstić information content (AvgIpc) is 2.77. The topological polar surface area (TPSA) is 82.1 Å². The lowest BCUT2D eigenvalue weighted by Crippen LogP contribution is -2.39. The lowest BCUT2D eigenvalue weighted by Gasteiger charge is -2.24. The molecule has 0 saturated heterocycles. The molecule has 0 aromatic heterocycles. The van der Waals surface area contributed by atoms with E-state index in [2.05, 4.69) is 26.5 Å². The molecule has 178 valence electrons. The minimum Gasteiger partial charge on any atom is -0.377 e. The number of hydrogen-bond acceptors (Lipinski definition) is 5. The maximum absolute atomic E-state index is 13.4. The van der Waals surface area contributed by atoms with Crippen molar-refractivity contribution in [3.05, 3.63) is 87.9 Å². The largest absolute Gasteiger partial charge is 0.377 e. The highest BCUT2D eigenvalue weighted by atomic mass is 79.9. The Morgan fingerprint density at radius 1 is 1.00 bits per heavy atom. The van der Waals surface area contributed by atoms with Crippen molar-refractivity contribution < 1.29 is 13.2 Å². The Labute approximate surface area is 209 Å². The van der Waals surface area contributed by atoms with Crippen LogP contribution in [0.1, 0.15) is 16.7 Å². The molecule has 1 amide bonds. The van der Waals surface area contributed by atoms with Crippen LogP contribution in [0.5, 0.6) is 0 Å². The van der Waals surface area contributed by atoms with Crippen molar-refractivity contribution in [2.45, 2.75) is 18.7 Å². The van der Waals surface area contributed by atoms with Crippen LogP contribution in [-0.2, 0) is 14.8 Å². The van der Waals surface area contributed by atoms with Gasteiger partial charge in [-0.05, 0) is 82.9 Å². The molecule has 7 nitrogen and oxygen atoms in total. The normalized spacial score (nSPS) is 11.4. The summed E-state index contributed by atoms with van der Waals surface area (Å²) >= 11 is 3.52. The molecule has 0 spiro atoms. The van der Waals surface area contributed by atoms with Crippen LogP contribution in [0.3, 0.4) is 0 Å². The molecule has 0 aliphatic carbocycles. The molecule has 0 unspecified atom stereocenters. The van der Waals surface area contributed by atoms with Gasteiger partial charge in [0.05, 0.1) is 22.5 Å². The number of benzene rings is 3. The fourth-order valence-corrected chi connectivity index (χ4v) is 5.62. The monoisotopic (exact) mass is 542 g/mol. The molecule has 0 radical (unpaired) electrons. The Hall–Kier alpha value is -3.17. The SMILES string of the molecule is Cc1cc(C)cc(N(CC(=O)N/N=C\c2ccc(N(C)C)c(Br)c2)S(=O)(=O)c2ccccc2)c1. The molecule has 1 N–H and O–H groups in total. The van der Waals surface area contributed by atoms with E-state index < -0.39 is 22.5 Å². The number of hydrazone groups is 1. The summed E-state index contributed by atoms with van der Waals surface area (Å²) in [6.07, 6.45) is 1.51. The van der Waals surface area contributed by atoms with Crippen molar-refractivity contribution in [2.24, 2.45) is 5.10 Å². The summed E-state index contributed by atoms with van der Waals surface area (Å²) in [4.78, 5) is 14.8. The van der Waals surface area contributed by atoms with Crippen LogP contribution in [0.4, 0.5) is 11.4 Å². The van der Waals surface area contributed by atoms with Gasteiger partial charge >= 0.3 is 0 Å². The lowest BCUT2D eigenvalue weighted by atomic mass is 10.1. The zero-order valence-electron chi connectivity index (χ0n) is 19.5. The summed E-state index contributed by atoms with van der Waals surface area (Å²) < 4.78 is 28.8. The predicted octanol–water partition coefficient (Wildman–Crippen LogP) is 4.48. The number of nitrogens with one attached hydrogen (secondary N) is 1. The Kier molecular flexibility index (Phi) is 8.11. The summed E-state index contributed by atoms with van der Waals surface area (Å²) in [7, 11) is -0.0817. The molecule has 0 aliphatic heterocycles. The summed E-state index contributed by atoms with van der Waals surface area (Å²) in [5.41, 5.74) is 6.44. The van der Waals surface area contributed by atoms with Crippen molar-refractivity contribution in [3.63, 3.8) is 0 Å². The van der Waals surface area contributed by atoms with Crippen LogP contribution in [0.25, 0.3) is 0 Å².